The van der Waals surface area contributed by atoms with Crippen molar-refractivity contribution < 1.29 is 49.0 Å². The number of hydrogen-bond donors (Lipinski definition) is 0. The number of rotatable bonds is 1. The van der Waals surface area contributed by atoms with Gasteiger partial charge in [0.05, 0.1) is 0 Å². The largest absolute Gasteiger partial charge is 1.00 e. The third-order valence-corrected chi connectivity index (χ3v) is 10.9. The molecule has 0 spiro atoms. The van der Waals surface area contributed by atoms with Gasteiger partial charge >= 0.3 is 49.5 Å². The minimum atomic E-state index is -0.235. The van der Waals surface area contributed by atoms with Crippen molar-refractivity contribution in [2.45, 2.75) is 65.5 Å². The molecule has 0 aliphatic carbocycles. The molecule has 33 heavy (non-hydrogen) atoms. The normalized spacial score (nSPS) is 11.0. The first-order valence-electron chi connectivity index (χ1n) is 11.3. The van der Waals surface area contributed by atoms with Gasteiger partial charge in [0.15, 0.2) is 0 Å². The van der Waals surface area contributed by atoms with Gasteiger partial charge < -0.3 is 24.8 Å². The van der Waals surface area contributed by atoms with Crippen molar-refractivity contribution in [3.05, 3.63) is 83.9 Å². The quantitative estimate of drug-likeness (QED) is 0.241. The Morgan fingerprint density at radius 2 is 0.970 bits per heavy atom. The average Bonchev–Trinajstić information content (AvgIpc) is 3.32. The van der Waals surface area contributed by atoms with Crippen molar-refractivity contribution in [2.24, 2.45) is 0 Å². The van der Waals surface area contributed by atoms with Gasteiger partial charge in [-0.3, -0.25) is 0 Å². The first-order valence-corrected chi connectivity index (χ1v) is 15.6. The summed E-state index contributed by atoms with van der Waals surface area (Å²) in [4.78, 5) is 0. The minimum absolute atomic E-state index is 0. The Balaban J connectivity index is 0.000000494. The van der Waals surface area contributed by atoms with Crippen LogP contribution in [-0.4, -0.2) is 12.1 Å². The summed E-state index contributed by atoms with van der Waals surface area (Å²) in [6, 6.07) is 26.0. The van der Waals surface area contributed by atoms with Crippen molar-refractivity contribution in [1.82, 2.24) is 0 Å². The van der Waals surface area contributed by atoms with Crippen molar-refractivity contribution in [3.8, 4) is 0 Å². The van der Waals surface area contributed by atoms with Crippen LogP contribution in [0.3, 0.4) is 0 Å². The molecule has 0 amide bonds. The van der Waals surface area contributed by atoms with Crippen LogP contribution >= 0.6 is 0 Å². The second-order valence-electron chi connectivity index (χ2n) is 10.6. The predicted molar refractivity (Wildman–Crippen MR) is 141 cm³/mol. The molecule has 0 aliphatic rings. The number of hydrogen-bond acceptors (Lipinski definition) is 0. The number of halogens is 2. The third-order valence-electron chi connectivity index (χ3n) is 5.31. The van der Waals surface area contributed by atoms with E-state index in [0.717, 1.165) is 0 Å². The zero-order chi connectivity index (χ0) is 23.2. The molecule has 0 aromatic heterocycles. The predicted octanol–water partition coefficient (Wildman–Crippen LogP) is 2.08. The molecular formula is C29H38Cl2SiZr-2. The molecule has 0 bridgehead atoms. The summed E-state index contributed by atoms with van der Waals surface area (Å²) in [7, 11) is -0.235. The molecular weight excluding hydrogens is 539 g/mol. The molecule has 0 radical (unpaired) electrons. The van der Waals surface area contributed by atoms with Crippen LogP contribution in [0.1, 0.15) is 52.7 Å². The summed E-state index contributed by atoms with van der Waals surface area (Å²) in [5.74, 6) is 0. The first-order chi connectivity index (χ1) is 14.4. The van der Waals surface area contributed by atoms with E-state index >= 15 is 0 Å². The van der Waals surface area contributed by atoms with E-state index in [2.05, 4.69) is 131 Å². The van der Waals surface area contributed by atoms with Gasteiger partial charge in [-0.2, -0.15) is 0 Å². The Morgan fingerprint density at radius 3 is 1.24 bits per heavy atom. The summed E-state index contributed by atoms with van der Waals surface area (Å²) in [5, 5.41) is 5.50. The summed E-state index contributed by atoms with van der Waals surface area (Å²) in [5.41, 5.74) is 3.40. The monoisotopic (exact) mass is 574 g/mol. The first kappa shape index (κ1) is 32.2. The molecule has 0 atom stereocenters. The zero-order valence-corrected chi connectivity index (χ0v) is 26.5. The number of fused-ring (bicyclic) bond motifs is 2. The van der Waals surface area contributed by atoms with Gasteiger partial charge in [0, 0.05) is 0 Å². The average molecular weight is 577 g/mol. The maximum atomic E-state index is 2.40. The van der Waals surface area contributed by atoms with Crippen LogP contribution in [0.15, 0.2) is 72.8 Å². The van der Waals surface area contributed by atoms with E-state index in [-0.39, 0.29) is 44.4 Å². The minimum Gasteiger partial charge on any atom is -1.00 e. The van der Waals surface area contributed by atoms with Crippen LogP contribution in [0.4, 0.5) is 0 Å². The van der Waals surface area contributed by atoms with Gasteiger partial charge in [-0.1, -0.05) is 64.5 Å². The molecule has 4 aromatic rings. The van der Waals surface area contributed by atoms with Crippen molar-refractivity contribution in [2.75, 3.05) is 0 Å². The van der Waals surface area contributed by atoms with Crippen molar-refractivity contribution >= 4 is 33.7 Å². The van der Waals surface area contributed by atoms with Gasteiger partial charge in [-0.05, 0) is 0 Å². The molecule has 178 valence electrons. The summed E-state index contributed by atoms with van der Waals surface area (Å²) < 4.78 is 2.40. The maximum absolute atomic E-state index is 2.40. The number of benzene rings is 2. The maximum Gasteiger partial charge on any atom is -1.00 e. The molecule has 0 saturated heterocycles. The molecule has 4 aromatic carbocycles. The Bertz CT molecular complexity index is 1020. The Labute approximate surface area is 230 Å². The van der Waals surface area contributed by atoms with Crippen LogP contribution in [0.5, 0.6) is 0 Å². The standard InChI is InChI=1S/2C13H15.C3H8Si.2ClH.Zr/c2*1-13(2,3)12-9-8-10-6-4-5-7-11(10)12;1-4(2)3;;;/h2*4-9H,1-3H3;1,4H,2-3H3;2*1H;/q2*-1;;;;+2/p-2. The SMILES string of the molecule is CC(C)(C)c1c[cH-]c2ccccc12.CC(C)(C)c1c[cH-]c2ccccc12.C[SiH](C)[CH]=[Zr+2].[Cl-].[Cl-]. The van der Waals surface area contributed by atoms with E-state index in [1.165, 1.54) is 32.7 Å². The Hall–Kier alpha value is -0.790. The third kappa shape index (κ3) is 9.41. The molecule has 0 nitrogen and oxygen atoms in total. The van der Waals surface area contributed by atoms with Crippen LogP contribution in [-0.2, 0) is 35.1 Å². The van der Waals surface area contributed by atoms with Crippen LogP contribution in [0.25, 0.3) is 21.5 Å². The van der Waals surface area contributed by atoms with E-state index in [0.29, 0.717) is 0 Å². The van der Waals surface area contributed by atoms with Gasteiger partial charge in [0.25, 0.3) is 0 Å². The molecule has 4 heteroatoms. The van der Waals surface area contributed by atoms with E-state index in [4.69, 9.17) is 0 Å². The second kappa shape index (κ2) is 13.9. The second-order valence-corrected chi connectivity index (χ2v) is 15.9. The summed E-state index contributed by atoms with van der Waals surface area (Å²) in [6.07, 6.45) is 0. The van der Waals surface area contributed by atoms with Gasteiger partial charge in [0.2, 0.25) is 0 Å². The van der Waals surface area contributed by atoms with E-state index in [9.17, 15) is 0 Å². The zero-order valence-electron chi connectivity index (χ0n) is 21.3. The van der Waals surface area contributed by atoms with Crippen molar-refractivity contribution in [1.29, 1.82) is 0 Å². The van der Waals surface area contributed by atoms with Crippen molar-refractivity contribution in [3.63, 3.8) is 0 Å². The molecule has 0 N–H and O–H groups in total. The van der Waals surface area contributed by atoms with Gasteiger partial charge in [0.1, 0.15) is 0 Å². The van der Waals surface area contributed by atoms with Gasteiger partial charge in [-0.15, -0.1) is 93.3 Å². The van der Waals surface area contributed by atoms with Crippen LogP contribution in [0.2, 0.25) is 13.1 Å². The Kier molecular flexibility index (Phi) is 13.6. The van der Waals surface area contributed by atoms with E-state index in [1.807, 2.05) is 0 Å². The van der Waals surface area contributed by atoms with Crippen LogP contribution < -0.4 is 24.8 Å². The molecule has 0 fully saturated rings. The van der Waals surface area contributed by atoms with Gasteiger partial charge in [-0.25, -0.2) is 0 Å². The fourth-order valence-corrected chi connectivity index (χ4v) is 3.61. The fraction of sp³-hybridized carbons (Fsp3) is 0.345. The van der Waals surface area contributed by atoms with Crippen LogP contribution in [0, 0.1) is 0 Å². The summed E-state index contributed by atoms with van der Waals surface area (Å²) >= 11 is 1.60. The van der Waals surface area contributed by atoms with E-state index in [1.54, 1.807) is 24.2 Å². The molecule has 4 rings (SSSR count). The molecule has 0 unspecified atom stereocenters. The smallest absolute Gasteiger partial charge is 1.00 e. The topological polar surface area (TPSA) is 0 Å². The summed E-state index contributed by atoms with van der Waals surface area (Å²) in [6.45, 7) is 18.2. The Morgan fingerprint density at radius 1 is 0.667 bits per heavy atom. The molecule has 0 aliphatic heterocycles. The fourth-order valence-electron chi connectivity index (χ4n) is 3.61. The van der Waals surface area contributed by atoms with E-state index < -0.39 is 0 Å². The molecule has 0 heterocycles. The molecule has 0 saturated carbocycles.